The molecule has 5 aromatic rings. The van der Waals surface area contributed by atoms with Crippen LogP contribution in [0, 0.1) is 17.2 Å². The van der Waals surface area contributed by atoms with Crippen molar-refractivity contribution >= 4 is 33.6 Å². The second-order valence-electron chi connectivity index (χ2n) is 11.4. The fourth-order valence-corrected chi connectivity index (χ4v) is 6.68. The summed E-state index contributed by atoms with van der Waals surface area (Å²) >= 11 is 0. The number of rotatable bonds is 8. The Morgan fingerprint density at radius 3 is 2.35 bits per heavy atom. The Balaban J connectivity index is 1.55. The number of allylic oxidation sites excluding steroid dienone is 3. The van der Waals surface area contributed by atoms with Crippen molar-refractivity contribution in [3.05, 3.63) is 145 Å². The lowest BCUT2D eigenvalue weighted by atomic mass is 9.99. The lowest BCUT2D eigenvalue weighted by Gasteiger charge is -2.32. The zero-order valence-corrected chi connectivity index (χ0v) is 25.0. The number of nitrogens with zero attached hydrogens (tertiary/aromatic N) is 2. The predicted octanol–water partition coefficient (Wildman–Crippen LogP) is 9.67. The van der Waals surface area contributed by atoms with Gasteiger partial charge in [0.1, 0.15) is 17.0 Å². The van der Waals surface area contributed by atoms with Crippen LogP contribution in [-0.4, -0.2) is 29.2 Å². The van der Waals surface area contributed by atoms with Crippen LogP contribution in [0.1, 0.15) is 31.4 Å². The molecule has 0 spiro atoms. The van der Waals surface area contributed by atoms with E-state index in [0.717, 1.165) is 62.0 Å². The van der Waals surface area contributed by atoms with E-state index in [1.54, 1.807) is 6.08 Å². The third-order valence-electron chi connectivity index (χ3n) is 9.09. The molecule has 43 heavy (non-hydrogen) atoms. The molecule has 1 unspecified atom stereocenters. The van der Waals surface area contributed by atoms with Crippen molar-refractivity contribution in [2.75, 3.05) is 7.05 Å². The molecule has 0 radical (unpaired) electrons. The number of amidine groups is 2. The monoisotopic (exact) mass is 563 g/mol. The first-order valence-electron chi connectivity index (χ1n) is 14.9. The topological polar surface area (TPSA) is 52.6 Å². The minimum absolute atomic E-state index is 0.217. The highest BCUT2D eigenvalue weighted by Gasteiger charge is 2.62. The highest BCUT2D eigenvalue weighted by molar-refractivity contribution is 6.21. The molecule has 4 aromatic carbocycles. The van der Waals surface area contributed by atoms with E-state index in [0.29, 0.717) is 11.8 Å². The van der Waals surface area contributed by atoms with Crippen LogP contribution in [-0.2, 0) is 0 Å². The summed E-state index contributed by atoms with van der Waals surface area (Å²) in [7, 11) is 2.11. The van der Waals surface area contributed by atoms with Gasteiger partial charge in [0.05, 0.1) is 5.54 Å². The van der Waals surface area contributed by atoms with E-state index in [1.165, 1.54) is 0 Å². The molecule has 3 atom stereocenters. The minimum Gasteiger partial charge on any atom is -0.456 e. The average Bonchev–Trinajstić information content (AvgIpc) is 3.45. The van der Waals surface area contributed by atoms with Crippen molar-refractivity contribution < 1.29 is 4.42 Å². The van der Waals surface area contributed by atoms with E-state index in [-0.39, 0.29) is 11.4 Å². The van der Waals surface area contributed by atoms with Gasteiger partial charge in [-0.2, -0.15) is 0 Å². The summed E-state index contributed by atoms with van der Waals surface area (Å²) in [5.41, 5.74) is 6.17. The molecule has 6 rings (SSSR count). The smallest absolute Gasteiger partial charge is 0.154 e. The molecule has 1 N–H and O–H groups in total. The number of hydrogen-bond donors (Lipinski definition) is 1. The summed E-state index contributed by atoms with van der Waals surface area (Å²) in [4.78, 5) is 7.36. The lowest BCUT2D eigenvalue weighted by molar-refractivity contribution is 0.365. The lowest BCUT2D eigenvalue weighted by Crippen LogP contribution is -2.41. The number of fused-ring (bicyclic) bond motifs is 3. The van der Waals surface area contributed by atoms with Crippen LogP contribution in [0.25, 0.3) is 33.1 Å². The van der Waals surface area contributed by atoms with E-state index in [2.05, 4.69) is 87.5 Å². The number of likely N-dealkylation sites (N-methyl/N-ethyl adjacent to an activating group) is 1. The van der Waals surface area contributed by atoms with Gasteiger partial charge in [0.2, 0.25) is 0 Å². The molecule has 1 aliphatic carbocycles. The van der Waals surface area contributed by atoms with Crippen LogP contribution in [0.5, 0.6) is 0 Å². The number of furan rings is 1. The highest BCUT2D eigenvalue weighted by atomic mass is 16.3. The number of nitrogens with one attached hydrogen (secondary N) is 1. The van der Waals surface area contributed by atoms with E-state index in [4.69, 9.17) is 14.8 Å². The molecule has 1 heterocycles. The standard InChI is InChI=1S/C39H37N3O/c1-6-26(3)23-24-39(27(4)33(39)7-2)42(5)38(41-37(40)29-17-12-9-13-18-29)32-19-14-20-34-36(32)31-22-21-30(25-35(31)43-34)28-15-10-8-11-16-28/h6,8-25,27,33,40H,1,3,7H2,2,4-5H3/b24-23?,40-37?,41-38-/t27-,33+,39?/m0/s1. The summed E-state index contributed by atoms with van der Waals surface area (Å²) in [6, 6.07) is 32.6. The second-order valence-corrected chi connectivity index (χ2v) is 11.4. The van der Waals surface area contributed by atoms with Gasteiger partial charge >= 0.3 is 0 Å². The van der Waals surface area contributed by atoms with Crippen LogP contribution in [0.4, 0.5) is 0 Å². The predicted molar refractivity (Wildman–Crippen MR) is 181 cm³/mol. The first-order valence-corrected chi connectivity index (χ1v) is 14.9. The van der Waals surface area contributed by atoms with E-state index in [1.807, 2.05) is 60.7 Å². The quantitative estimate of drug-likeness (QED) is 0.116. The molecule has 1 fully saturated rings. The maximum Gasteiger partial charge on any atom is 0.154 e. The number of benzene rings is 4. The first-order chi connectivity index (χ1) is 20.9. The molecule has 4 nitrogen and oxygen atoms in total. The Hall–Kier alpha value is -4.96. The summed E-state index contributed by atoms with van der Waals surface area (Å²) in [6.07, 6.45) is 7.13. The Kier molecular flexibility index (Phi) is 7.45. The van der Waals surface area contributed by atoms with Crippen LogP contribution in [0.2, 0.25) is 0 Å². The molecular formula is C39H37N3O. The molecule has 1 aliphatic rings. The molecule has 1 aromatic heterocycles. The molecule has 0 bridgehead atoms. The van der Waals surface area contributed by atoms with E-state index in [9.17, 15) is 0 Å². The average molecular weight is 564 g/mol. The molecule has 1 saturated carbocycles. The van der Waals surface area contributed by atoms with Gasteiger partial charge in [0.15, 0.2) is 5.84 Å². The Labute approximate surface area is 253 Å². The molecule has 214 valence electrons. The first kappa shape index (κ1) is 28.2. The molecule has 0 saturated heterocycles. The van der Waals surface area contributed by atoms with Gasteiger partial charge in [0, 0.05) is 28.9 Å². The zero-order chi connectivity index (χ0) is 30.1. The summed E-state index contributed by atoms with van der Waals surface area (Å²) in [6.45, 7) is 12.6. The molecular weight excluding hydrogens is 526 g/mol. The van der Waals surface area contributed by atoms with Crippen LogP contribution < -0.4 is 0 Å². The third-order valence-corrected chi connectivity index (χ3v) is 9.09. The minimum atomic E-state index is -0.279. The van der Waals surface area contributed by atoms with Crippen molar-refractivity contribution in [1.29, 1.82) is 5.41 Å². The second kappa shape index (κ2) is 11.4. The highest BCUT2D eigenvalue weighted by Crippen LogP contribution is 2.57. The van der Waals surface area contributed by atoms with Crippen molar-refractivity contribution in [3.8, 4) is 11.1 Å². The summed E-state index contributed by atoms with van der Waals surface area (Å²) in [5.74, 6) is 1.78. The summed E-state index contributed by atoms with van der Waals surface area (Å²) in [5, 5.41) is 11.1. The van der Waals surface area contributed by atoms with Gasteiger partial charge in [-0.15, -0.1) is 0 Å². The molecule has 4 heteroatoms. The fraction of sp³-hybridized carbons (Fsp3) is 0.179. The van der Waals surface area contributed by atoms with Gasteiger partial charge in [-0.05, 0) is 46.7 Å². The van der Waals surface area contributed by atoms with E-state index < -0.39 is 0 Å². The van der Waals surface area contributed by atoms with Crippen molar-refractivity contribution in [2.45, 2.75) is 25.8 Å². The van der Waals surface area contributed by atoms with Crippen molar-refractivity contribution in [1.82, 2.24) is 4.90 Å². The van der Waals surface area contributed by atoms with Crippen molar-refractivity contribution in [2.24, 2.45) is 16.8 Å². The van der Waals surface area contributed by atoms with Crippen LogP contribution in [0.15, 0.2) is 143 Å². The van der Waals surface area contributed by atoms with E-state index >= 15 is 0 Å². The fourth-order valence-electron chi connectivity index (χ4n) is 6.68. The van der Waals surface area contributed by atoms with Gasteiger partial charge in [0.25, 0.3) is 0 Å². The van der Waals surface area contributed by atoms with Gasteiger partial charge in [-0.3, -0.25) is 5.41 Å². The largest absolute Gasteiger partial charge is 0.456 e. The maximum atomic E-state index is 9.05. The third kappa shape index (κ3) is 4.93. The van der Waals surface area contributed by atoms with Gasteiger partial charge < -0.3 is 9.32 Å². The number of hydrogen-bond acceptors (Lipinski definition) is 2. The Bertz CT molecular complexity index is 1900. The molecule has 0 aliphatic heterocycles. The van der Waals surface area contributed by atoms with Crippen LogP contribution >= 0.6 is 0 Å². The summed E-state index contributed by atoms with van der Waals surface area (Å²) < 4.78 is 6.47. The Morgan fingerprint density at radius 1 is 0.953 bits per heavy atom. The molecule has 0 amide bonds. The van der Waals surface area contributed by atoms with Gasteiger partial charge in [-0.1, -0.05) is 131 Å². The van der Waals surface area contributed by atoms with Crippen molar-refractivity contribution in [3.63, 3.8) is 0 Å². The normalized spacial score (nSPS) is 20.0. The van der Waals surface area contributed by atoms with Crippen LogP contribution in [0.3, 0.4) is 0 Å². The maximum absolute atomic E-state index is 9.05. The zero-order valence-electron chi connectivity index (χ0n) is 25.0. The number of aliphatic imine (C=N–C) groups is 1. The Morgan fingerprint density at radius 2 is 1.67 bits per heavy atom. The van der Waals surface area contributed by atoms with Gasteiger partial charge in [-0.25, -0.2) is 4.99 Å². The SMILES string of the molecule is C=CC(=C)C=CC1(N(C)/C(=N\C(=N)c2ccccc2)c2cccc3oc4cc(-c5ccccc5)ccc4c23)[C@H](CC)[C@@H]1C.